The second-order valence-corrected chi connectivity index (χ2v) is 19.3. The zero-order valence-electron chi connectivity index (χ0n) is 39.0. The van der Waals surface area contributed by atoms with E-state index in [1.807, 2.05) is 31.2 Å². The number of unbranched alkanes of at least 4 members (excludes halogenated alkanes) is 1. The van der Waals surface area contributed by atoms with Gasteiger partial charge in [0.1, 0.15) is 42.3 Å². The highest BCUT2D eigenvalue weighted by atomic mass is 33.1. The number of H-pyrrole nitrogens is 2. The summed E-state index contributed by atoms with van der Waals surface area (Å²) in [4.78, 5) is 125. The van der Waals surface area contributed by atoms with Gasteiger partial charge >= 0.3 is 0 Å². The summed E-state index contributed by atoms with van der Waals surface area (Å²) in [6, 6.07) is 7.38. The van der Waals surface area contributed by atoms with Gasteiger partial charge in [0.25, 0.3) is 0 Å². The molecule has 0 saturated carbocycles. The van der Waals surface area contributed by atoms with Crippen LogP contribution in [-0.4, -0.2) is 129 Å². The molecule has 8 amide bonds. The number of imidazole rings is 1. The number of nitrogens with one attached hydrogen (secondary N) is 9. The Morgan fingerprint density at radius 2 is 1.46 bits per heavy atom. The fraction of sp³-hybridized carbons (Fsp3) is 0.435. The second kappa shape index (κ2) is 27.2. The number of benzene rings is 2. The number of aliphatic imine (C=N–C) groups is 1. The Balaban J connectivity index is 1.52. The Kier molecular flexibility index (Phi) is 20.9. The first-order valence-electron chi connectivity index (χ1n) is 22.9. The first-order valence-corrected chi connectivity index (χ1v) is 25.3. The van der Waals surface area contributed by atoms with E-state index in [1.54, 1.807) is 36.5 Å². The Bertz CT molecular complexity index is 2450. The number of nitrogens with two attached hydrogens (primary N) is 3. The molecule has 70 heavy (non-hydrogen) atoms. The lowest BCUT2D eigenvalue weighted by Crippen LogP contribution is -2.61. The lowest BCUT2D eigenvalue weighted by Gasteiger charge is -2.27. The van der Waals surface area contributed by atoms with E-state index in [-0.39, 0.29) is 62.5 Å². The molecular formula is C46H62N14O8S2. The molecule has 7 atom stereocenters. The fourth-order valence-corrected chi connectivity index (χ4v) is 9.88. The molecule has 7 unspecified atom stereocenters. The lowest BCUT2D eigenvalue weighted by atomic mass is 10.0. The van der Waals surface area contributed by atoms with Crippen molar-refractivity contribution in [2.45, 2.75) is 108 Å². The number of para-hydroxylation sites is 1. The summed E-state index contributed by atoms with van der Waals surface area (Å²) in [5.41, 5.74) is 19.6. The second-order valence-electron chi connectivity index (χ2n) is 16.7. The number of primary amides is 1. The van der Waals surface area contributed by atoms with E-state index in [1.165, 1.54) is 19.4 Å². The fourth-order valence-electron chi connectivity index (χ4n) is 7.55. The van der Waals surface area contributed by atoms with Crippen LogP contribution in [0.25, 0.3) is 10.9 Å². The molecule has 1 saturated heterocycles. The average molecular weight is 1000 g/mol. The highest BCUT2D eigenvalue weighted by Gasteiger charge is 2.35. The summed E-state index contributed by atoms with van der Waals surface area (Å²) in [7, 11) is 2.14. The molecular weight excluding hydrogens is 941 g/mol. The summed E-state index contributed by atoms with van der Waals surface area (Å²) < 4.78 is 0. The highest BCUT2D eigenvalue weighted by Crippen LogP contribution is 2.24. The van der Waals surface area contributed by atoms with Gasteiger partial charge in [0.2, 0.25) is 47.3 Å². The molecule has 15 N–H and O–H groups in total. The van der Waals surface area contributed by atoms with Crippen molar-refractivity contribution in [3.05, 3.63) is 90.1 Å². The maximum absolute atomic E-state index is 14.5. The third-order valence-electron chi connectivity index (χ3n) is 11.2. The third-order valence-corrected chi connectivity index (χ3v) is 13.6. The van der Waals surface area contributed by atoms with E-state index in [4.69, 9.17) is 17.2 Å². The van der Waals surface area contributed by atoms with E-state index in [0.717, 1.165) is 38.9 Å². The highest BCUT2D eigenvalue weighted by molar-refractivity contribution is 8.76. The van der Waals surface area contributed by atoms with Gasteiger partial charge in [0, 0.05) is 73.2 Å². The monoisotopic (exact) mass is 1000 g/mol. The number of aromatic amines is 2. The number of amides is 8. The maximum Gasteiger partial charge on any atom is 0.244 e. The largest absolute Gasteiger partial charge is 0.370 e. The van der Waals surface area contributed by atoms with Crippen molar-refractivity contribution in [2.24, 2.45) is 22.2 Å². The van der Waals surface area contributed by atoms with E-state index in [2.05, 4.69) is 57.2 Å². The molecule has 3 heterocycles. The number of fused-ring (bicyclic) bond motifs is 1. The van der Waals surface area contributed by atoms with Crippen LogP contribution in [-0.2, 0) is 57.6 Å². The number of hydrogen-bond donors (Lipinski definition) is 12. The van der Waals surface area contributed by atoms with E-state index >= 15 is 0 Å². The standard InChI is InChI=1S/C46H62N14O8S2/c1-3-4-14-32(54-26(2)61)40(63)59-38-24-70-69-23-37(44(67)56-34(39(47)62)19-28-21-52-31-15-9-8-13-30(28)31)60-41(64)33(16-10-17-51-46(48)49)55-42(65)35(18-27-11-6-5-7-12-27)57-43(66)36(58-45(38)68)20-29-22-50-25-53-29/h5-9,11-13,15,21-22,25,32-38,52H,3-4,10,14,16-20,23-24H2,1-2H3,(H2,47,62)(H,50,53)(H,54,61)(H,55,65)(H,56,67)(H,57,66)(H,58,68)(H,59,63)(H,60,64)(H4,48,49,51). The first kappa shape index (κ1) is 53.9. The van der Waals surface area contributed by atoms with Crippen molar-refractivity contribution in [2.75, 3.05) is 18.1 Å². The molecule has 0 bridgehead atoms. The Hall–Kier alpha value is -7.08. The predicted molar refractivity (Wildman–Crippen MR) is 267 cm³/mol. The summed E-state index contributed by atoms with van der Waals surface area (Å²) in [6.45, 7) is 3.29. The Morgan fingerprint density at radius 1 is 0.786 bits per heavy atom. The van der Waals surface area contributed by atoms with E-state index < -0.39 is 89.6 Å². The van der Waals surface area contributed by atoms with Gasteiger partial charge in [-0.05, 0) is 36.5 Å². The van der Waals surface area contributed by atoms with Crippen molar-refractivity contribution >= 4 is 85.7 Å². The summed E-state index contributed by atoms with van der Waals surface area (Å²) in [6.07, 6.45) is 6.24. The van der Waals surface area contributed by atoms with Crippen LogP contribution in [0.2, 0.25) is 0 Å². The molecule has 0 aliphatic carbocycles. The molecule has 0 radical (unpaired) electrons. The smallest absolute Gasteiger partial charge is 0.244 e. The predicted octanol–water partition coefficient (Wildman–Crippen LogP) is -0.543. The zero-order valence-corrected chi connectivity index (χ0v) is 40.6. The van der Waals surface area contributed by atoms with Gasteiger partial charge in [-0.1, -0.05) is 89.9 Å². The summed E-state index contributed by atoms with van der Waals surface area (Å²) in [5.74, 6) is -6.24. The summed E-state index contributed by atoms with van der Waals surface area (Å²) in [5, 5.41) is 19.9. The van der Waals surface area contributed by atoms with Crippen molar-refractivity contribution in [3.63, 3.8) is 0 Å². The van der Waals surface area contributed by atoms with E-state index in [9.17, 15) is 38.4 Å². The molecule has 2 aromatic heterocycles. The number of rotatable bonds is 19. The number of nitrogens with zero attached hydrogens (tertiary/aromatic N) is 2. The minimum absolute atomic E-state index is 0.0151. The number of carbonyl (C=O) groups is 8. The summed E-state index contributed by atoms with van der Waals surface area (Å²) >= 11 is 0. The van der Waals surface area contributed by atoms with Crippen LogP contribution in [0.3, 0.4) is 0 Å². The van der Waals surface area contributed by atoms with Gasteiger partial charge < -0.3 is 64.4 Å². The third kappa shape index (κ3) is 16.9. The van der Waals surface area contributed by atoms with Crippen molar-refractivity contribution in [3.8, 4) is 0 Å². The molecule has 1 fully saturated rings. The van der Waals surface area contributed by atoms with Gasteiger partial charge in [-0.3, -0.25) is 43.3 Å². The molecule has 24 heteroatoms. The van der Waals surface area contributed by atoms with Crippen LogP contribution < -0.4 is 54.4 Å². The normalized spacial score (nSPS) is 20.3. The zero-order chi connectivity index (χ0) is 50.6. The minimum atomic E-state index is -1.36. The van der Waals surface area contributed by atoms with Crippen LogP contribution >= 0.6 is 21.6 Å². The first-order chi connectivity index (χ1) is 33.6. The maximum atomic E-state index is 14.5. The van der Waals surface area contributed by atoms with Gasteiger partial charge in [-0.25, -0.2) is 4.98 Å². The number of guanidine groups is 1. The average Bonchev–Trinajstić information content (AvgIpc) is 4.00. The van der Waals surface area contributed by atoms with Gasteiger partial charge in [-0.2, -0.15) is 0 Å². The van der Waals surface area contributed by atoms with Crippen LogP contribution in [0, 0.1) is 0 Å². The van der Waals surface area contributed by atoms with Crippen LogP contribution in [0.15, 0.2) is 78.3 Å². The number of carbonyl (C=O) groups excluding carboxylic acids is 8. The van der Waals surface area contributed by atoms with Gasteiger partial charge in [0.15, 0.2) is 5.96 Å². The number of hydrogen-bond acceptors (Lipinski definition) is 12. The van der Waals surface area contributed by atoms with Gasteiger partial charge in [0.05, 0.1) is 6.33 Å². The van der Waals surface area contributed by atoms with Crippen molar-refractivity contribution in [1.82, 2.24) is 52.2 Å². The molecule has 22 nitrogen and oxygen atoms in total. The molecule has 5 rings (SSSR count). The molecule has 376 valence electrons. The Morgan fingerprint density at radius 3 is 2.14 bits per heavy atom. The Labute approximate surface area is 412 Å². The van der Waals surface area contributed by atoms with Crippen LogP contribution in [0.4, 0.5) is 0 Å². The molecule has 2 aromatic carbocycles. The van der Waals surface area contributed by atoms with Crippen LogP contribution in [0.5, 0.6) is 0 Å². The minimum Gasteiger partial charge on any atom is -0.370 e. The lowest BCUT2D eigenvalue weighted by molar-refractivity contribution is -0.135. The molecule has 1 aliphatic heterocycles. The van der Waals surface area contributed by atoms with Gasteiger partial charge in [-0.15, -0.1) is 0 Å². The number of aromatic nitrogens is 3. The molecule has 4 aromatic rings. The quantitative estimate of drug-likeness (QED) is 0.0243. The van der Waals surface area contributed by atoms with E-state index in [0.29, 0.717) is 23.2 Å². The topological polar surface area (TPSA) is 356 Å². The molecule has 0 spiro atoms. The molecule has 1 aliphatic rings. The van der Waals surface area contributed by atoms with Crippen molar-refractivity contribution < 1.29 is 38.4 Å². The van der Waals surface area contributed by atoms with Crippen LogP contribution in [0.1, 0.15) is 62.8 Å². The van der Waals surface area contributed by atoms with Crippen molar-refractivity contribution in [1.29, 1.82) is 0 Å². The SMILES string of the molecule is CCCCC(NC(C)=O)C(=O)NC1CSSCC(C(=O)NC(Cc2c[nH]c3ccccc23)C(N)=O)NC(=O)C(CCCN=C(N)N)NC(=O)C(Cc2ccccc2)NC(=O)C(Cc2cnc[nH]2)NC1=O.